The molecular formula is C29H32F3N3O3. The first kappa shape index (κ1) is 27.4. The first-order valence-electron chi connectivity index (χ1n) is 12.6. The number of amides is 2. The van der Waals surface area contributed by atoms with Crippen LogP contribution in [0.3, 0.4) is 0 Å². The number of halogens is 3. The Kier molecular flexibility index (Phi) is 8.89. The van der Waals surface area contributed by atoms with E-state index in [1.54, 1.807) is 29.2 Å². The molecule has 1 saturated carbocycles. The Bertz CT molecular complexity index is 1220. The van der Waals surface area contributed by atoms with Crippen LogP contribution >= 0.6 is 0 Å². The van der Waals surface area contributed by atoms with Gasteiger partial charge in [0.05, 0.1) is 25.3 Å². The molecule has 38 heavy (non-hydrogen) atoms. The van der Waals surface area contributed by atoms with Gasteiger partial charge in [-0.3, -0.25) is 9.59 Å². The quantitative estimate of drug-likeness (QED) is 0.334. The summed E-state index contributed by atoms with van der Waals surface area (Å²) in [4.78, 5) is 29.7. The molecule has 4 rings (SSSR count). The molecule has 1 aliphatic carbocycles. The minimum atomic E-state index is -4.42. The van der Waals surface area contributed by atoms with Crippen LogP contribution in [0.2, 0.25) is 0 Å². The smallest absolute Gasteiger partial charge is 0.383 e. The van der Waals surface area contributed by atoms with Gasteiger partial charge < -0.3 is 19.1 Å². The molecule has 0 bridgehead atoms. The number of rotatable bonds is 12. The fraction of sp³-hybridized carbons (Fsp3) is 0.379. The monoisotopic (exact) mass is 527 g/mol. The van der Waals surface area contributed by atoms with E-state index in [1.165, 1.54) is 6.07 Å². The van der Waals surface area contributed by atoms with Crippen LogP contribution in [0, 0.1) is 5.92 Å². The number of carbonyl (C=O) groups excluding carboxylic acids is 2. The van der Waals surface area contributed by atoms with Crippen LogP contribution in [0.4, 0.5) is 13.2 Å². The normalized spacial score (nSPS) is 13.4. The van der Waals surface area contributed by atoms with Gasteiger partial charge in [0.25, 0.3) is 0 Å². The average Bonchev–Trinajstić information content (AvgIpc) is 3.67. The lowest BCUT2D eigenvalue weighted by molar-refractivity contribution is -0.142. The van der Waals surface area contributed by atoms with E-state index in [0.29, 0.717) is 25.3 Å². The summed E-state index contributed by atoms with van der Waals surface area (Å²) in [6.45, 7) is 1.44. The summed E-state index contributed by atoms with van der Waals surface area (Å²) in [7, 11) is 1.56. The predicted octanol–water partition coefficient (Wildman–Crippen LogP) is 4.97. The fourth-order valence-corrected chi connectivity index (χ4v) is 4.34. The maximum atomic E-state index is 13.6. The van der Waals surface area contributed by atoms with E-state index in [-0.39, 0.29) is 37.4 Å². The summed E-state index contributed by atoms with van der Waals surface area (Å²) in [5.41, 5.74) is 1.54. The van der Waals surface area contributed by atoms with Crippen LogP contribution in [0.15, 0.2) is 72.9 Å². The van der Waals surface area contributed by atoms with Gasteiger partial charge >= 0.3 is 6.18 Å². The number of aromatic nitrogens is 1. The molecule has 202 valence electrons. The molecule has 1 fully saturated rings. The lowest BCUT2D eigenvalue weighted by atomic mass is 10.1. The van der Waals surface area contributed by atoms with Crippen LogP contribution in [-0.2, 0) is 40.1 Å². The first-order chi connectivity index (χ1) is 18.2. The number of ether oxygens (including phenoxy) is 1. The fourth-order valence-electron chi connectivity index (χ4n) is 4.34. The van der Waals surface area contributed by atoms with Crippen molar-refractivity contribution in [2.45, 2.75) is 38.7 Å². The third kappa shape index (κ3) is 7.47. The van der Waals surface area contributed by atoms with Gasteiger partial charge in [0.15, 0.2) is 0 Å². The molecule has 6 nitrogen and oxygen atoms in total. The highest BCUT2D eigenvalue weighted by Crippen LogP contribution is 2.31. The molecule has 0 aliphatic heterocycles. The molecule has 0 unspecified atom stereocenters. The van der Waals surface area contributed by atoms with Gasteiger partial charge in [0, 0.05) is 44.6 Å². The van der Waals surface area contributed by atoms with Crippen molar-refractivity contribution in [3.8, 4) is 0 Å². The number of alkyl halides is 3. The summed E-state index contributed by atoms with van der Waals surface area (Å²) in [5.74, 6) is -0.249. The molecule has 1 aromatic heterocycles. The maximum Gasteiger partial charge on any atom is 0.416 e. The first-order valence-corrected chi connectivity index (χ1v) is 12.6. The van der Waals surface area contributed by atoms with Crippen molar-refractivity contribution in [1.82, 2.24) is 14.4 Å². The largest absolute Gasteiger partial charge is 0.416 e. The Hall–Kier alpha value is -3.59. The average molecular weight is 528 g/mol. The zero-order valence-electron chi connectivity index (χ0n) is 21.4. The van der Waals surface area contributed by atoms with Crippen molar-refractivity contribution >= 4 is 11.8 Å². The molecule has 3 aromatic rings. The molecule has 2 aromatic carbocycles. The van der Waals surface area contributed by atoms with Gasteiger partial charge in [-0.05, 0) is 48.2 Å². The van der Waals surface area contributed by atoms with E-state index in [1.807, 2.05) is 47.0 Å². The number of hydrogen-bond acceptors (Lipinski definition) is 3. The van der Waals surface area contributed by atoms with Gasteiger partial charge in [-0.25, -0.2) is 0 Å². The van der Waals surface area contributed by atoms with E-state index in [4.69, 9.17) is 4.74 Å². The van der Waals surface area contributed by atoms with Crippen molar-refractivity contribution in [2.75, 3.05) is 26.8 Å². The van der Waals surface area contributed by atoms with Crippen LogP contribution in [0.25, 0.3) is 0 Å². The van der Waals surface area contributed by atoms with Crippen LogP contribution < -0.4 is 0 Å². The van der Waals surface area contributed by atoms with E-state index in [0.717, 1.165) is 36.2 Å². The standard InChI is InChI=1S/C29H32F3N3O3/c1-38-16-15-34(28(37)24-12-13-24)21-27(36)35(18-22-7-3-2-4-8-22)20-26-11-6-14-33(26)19-23-9-5-10-25(17-23)29(30,31)32/h2-11,14,17,24H,12-13,15-16,18-21H2,1H3. The van der Waals surface area contributed by atoms with Crippen molar-refractivity contribution in [3.63, 3.8) is 0 Å². The Labute approximate surface area is 220 Å². The Morgan fingerprint density at radius 3 is 2.37 bits per heavy atom. The summed E-state index contributed by atoms with van der Waals surface area (Å²) < 4.78 is 46.6. The molecular weight excluding hydrogens is 495 g/mol. The second-order valence-electron chi connectivity index (χ2n) is 9.59. The highest BCUT2D eigenvalue weighted by Gasteiger charge is 2.34. The molecule has 0 saturated heterocycles. The lowest BCUT2D eigenvalue weighted by Crippen LogP contribution is -2.44. The molecule has 0 radical (unpaired) electrons. The Morgan fingerprint density at radius 2 is 1.68 bits per heavy atom. The van der Waals surface area contributed by atoms with Crippen LogP contribution in [0.1, 0.15) is 35.2 Å². The number of hydrogen-bond donors (Lipinski definition) is 0. The van der Waals surface area contributed by atoms with Crippen LogP contribution in [0.5, 0.6) is 0 Å². The molecule has 1 heterocycles. The third-order valence-corrected chi connectivity index (χ3v) is 6.58. The van der Waals surface area contributed by atoms with Gasteiger partial charge in [0.1, 0.15) is 0 Å². The Balaban J connectivity index is 1.53. The Morgan fingerprint density at radius 1 is 0.947 bits per heavy atom. The third-order valence-electron chi connectivity index (χ3n) is 6.58. The van der Waals surface area contributed by atoms with Crippen molar-refractivity contribution in [2.24, 2.45) is 5.92 Å². The molecule has 9 heteroatoms. The molecule has 0 N–H and O–H groups in total. The number of methoxy groups -OCH3 is 1. The van der Waals surface area contributed by atoms with Crippen molar-refractivity contribution in [1.29, 1.82) is 0 Å². The molecule has 2 amide bonds. The van der Waals surface area contributed by atoms with Crippen molar-refractivity contribution < 1.29 is 27.5 Å². The molecule has 0 atom stereocenters. The maximum absolute atomic E-state index is 13.6. The molecule has 1 aliphatic rings. The van der Waals surface area contributed by atoms with E-state index >= 15 is 0 Å². The minimum absolute atomic E-state index is 0.0214. The van der Waals surface area contributed by atoms with Crippen LogP contribution in [-0.4, -0.2) is 53.0 Å². The number of carbonyl (C=O) groups is 2. The highest BCUT2D eigenvalue weighted by atomic mass is 19.4. The topological polar surface area (TPSA) is 54.8 Å². The van der Waals surface area contributed by atoms with Gasteiger partial charge in [0.2, 0.25) is 11.8 Å². The SMILES string of the molecule is COCCN(CC(=O)N(Cc1ccccc1)Cc1cccn1Cc1cccc(C(F)(F)F)c1)C(=O)C1CC1. The van der Waals surface area contributed by atoms with Gasteiger partial charge in [-0.2, -0.15) is 13.2 Å². The summed E-state index contributed by atoms with van der Waals surface area (Å²) in [6, 6.07) is 18.5. The number of nitrogens with zero attached hydrogens (tertiary/aromatic N) is 3. The molecule has 0 spiro atoms. The highest BCUT2D eigenvalue weighted by molar-refractivity contribution is 5.87. The number of benzene rings is 2. The zero-order chi connectivity index (χ0) is 27.1. The minimum Gasteiger partial charge on any atom is -0.383 e. The van der Waals surface area contributed by atoms with E-state index < -0.39 is 11.7 Å². The van der Waals surface area contributed by atoms with Gasteiger partial charge in [-0.15, -0.1) is 0 Å². The summed E-state index contributed by atoms with van der Waals surface area (Å²) in [6.07, 6.45) is -0.941. The second-order valence-corrected chi connectivity index (χ2v) is 9.59. The van der Waals surface area contributed by atoms with E-state index in [2.05, 4.69) is 0 Å². The predicted molar refractivity (Wildman–Crippen MR) is 137 cm³/mol. The lowest BCUT2D eigenvalue weighted by Gasteiger charge is -2.28. The summed E-state index contributed by atoms with van der Waals surface area (Å²) >= 11 is 0. The zero-order valence-corrected chi connectivity index (χ0v) is 21.4. The van der Waals surface area contributed by atoms with Crippen molar-refractivity contribution in [3.05, 3.63) is 95.3 Å². The van der Waals surface area contributed by atoms with Gasteiger partial charge in [-0.1, -0.05) is 42.5 Å². The van der Waals surface area contributed by atoms with E-state index in [9.17, 15) is 22.8 Å². The second kappa shape index (κ2) is 12.3. The summed E-state index contributed by atoms with van der Waals surface area (Å²) in [5, 5.41) is 0.